The molecule has 3 rings (SSSR count). The lowest BCUT2D eigenvalue weighted by Crippen LogP contribution is -1.82. The highest BCUT2D eigenvalue weighted by atomic mass is 35.5. The van der Waals surface area contributed by atoms with Crippen molar-refractivity contribution in [3.63, 3.8) is 0 Å². The molecule has 0 atom stereocenters. The third-order valence-electron chi connectivity index (χ3n) is 2.79. The largest absolute Gasteiger partial charge is 0.411 e. The van der Waals surface area contributed by atoms with Crippen LogP contribution in [0.3, 0.4) is 0 Å². The second-order valence-electron chi connectivity index (χ2n) is 4.60. The van der Waals surface area contributed by atoms with Gasteiger partial charge in [-0.15, -0.1) is 10.2 Å². The van der Waals surface area contributed by atoms with Gasteiger partial charge in [0.1, 0.15) is 15.8 Å². The van der Waals surface area contributed by atoms with Crippen LogP contribution < -0.4 is 0 Å². The Morgan fingerprint density at radius 3 is 2.64 bits per heavy atom. The summed E-state index contributed by atoms with van der Waals surface area (Å²) in [6.45, 7) is 4.03. The van der Waals surface area contributed by atoms with Crippen molar-refractivity contribution in [2.45, 2.75) is 23.3 Å². The summed E-state index contributed by atoms with van der Waals surface area (Å²) in [5, 5.41) is 17.7. The lowest BCUT2D eigenvalue weighted by atomic mass is 10.1. The molecule has 2 heterocycles. The van der Waals surface area contributed by atoms with E-state index in [0.717, 1.165) is 28.2 Å². The van der Waals surface area contributed by atoms with Crippen LogP contribution in [0.1, 0.15) is 16.7 Å². The van der Waals surface area contributed by atoms with Gasteiger partial charge in [-0.2, -0.15) is 9.64 Å². The Kier molecular flexibility index (Phi) is 4.16. The molecule has 0 saturated heterocycles. The summed E-state index contributed by atoms with van der Waals surface area (Å²) in [6, 6.07) is 8.07. The summed E-state index contributed by atoms with van der Waals surface area (Å²) in [4.78, 5) is 0. The molecule has 0 fully saturated rings. The fourth-order valence-corrected chi connectivity index (χ4v) is 3.88. The highest BCUT2D eigenvalue weighted by Gasteiger charge is 2.17. The zero-order valence-corrected chi connectivity index (χ0v) is 14.0. The van der Waals surface area contributed by atoms with Crippen LogP contribution in [0, 0.1) is 25.2 Å². The van der Waals surface area contributed by atoms with E-state index in [1.165, 1.54) is 11.8 Å². The molecule has 0 radical (unpaired) electrons. The van der Waals surface area contributed by atoms with Gasteiger partial charge in [-0.3, -0.25) is 0 Å². The number of hydrogen-bond acceptors (Lipinski definition) is 7. The summed E-state index contributed by atoms with van der Waals surface area (Å²) in [5.41, 5.74) is 3.47. The molecule has 5 nitrogen and oxygen atoms in total. The van der Waals surface area contributed by atoms with Crippen LogP contribution in [0.4, 0.5) is 0 Å². The zero-order chi connectivity index (χ0) is 15.7. The standard InChI is InChI=1S/C14H9ClN4OS2/c1-7-3-8(2)5-9(4-7)12-17-18-14(20-12)21-13-10(6-16)11(15)19-22-13/h3-5H,1-2H3. The van der Waals surface area contributed by atoms with Crippen molar-refractivity contribution >= 4 is 34.9 Å². The number of nitriles is 1. The minimum atomic E-state index is 0.198. The van der Waals surface area contributed by atoms with Gasteiger partial charge in [0.05, 0.1) is 0 Å². The number of benzene rings is 1. The zero-order valence-electron chi connectivity index (χ0n) is 11.6. The number of aromatic nitrogens is 3. The summed E-state index contributed by atoms with van der Waals surface area (Å²) in [7, 11) is 0. The molecule has 0 bridgehead atoms. The van der Waals surface area contributed by atoms with Gasteiger partial charge in [0.25, 0.3) is 5.22 Å². The van der Waals surface area contributed by atoms with Crippen LogP contribution in [0.5, 0.6) is 0 Å². The Hall–Kier alpha value is -1.88. The Morgan fingerprint density at radius 1 is 1.23 bits per heavy atom. The van der Waals surface area contributed by atoms with E-state index < -0.39 is 0 Å². The Balaban J connectivity index is 1.89. The van der Waals surface area contributed by atoms with E-state index in [1.807, 2.05) is 32.0 Å². The predicted molar refractivity (Wildman–Crippen MR) is 85.2 cm³/mol. The quantitative estimate of drug-likeness (QED) is 0.694. The normalized spacial score (nSPS) is 10.6. The van der Waals surface area contributed by atoms with Crippen molar-refractivity contribution in [1.82, 2.24) is 14.6 Å². The maximum Gasteiger partial charge on any atom is 0.282 e. The molecule has 3 aromatic rings. The van der Waals surface area contributed by atoms with Gasteiger partial charge >= 0.3 is 0 Å². The smallest absolute Gasteiger partial charge is 0.282 e. The van der Waals surface area contributed by atoms with Crippen molar-refractivity contribution in [3.05, 3.63) is 40.0 Å². The first-order valence-corrected chi connectivity index (χ1v) is 8.19. The van der Waals surface area contributed by atoms with Crippen LogP contribution in [0.2, 0.25) is 5.15 Å². The molecule has 0 saturated carbocycles. The van der Waals surface area contributed by atoms with Gasteiger partial charge in [0, 0.05) is 5.56 Å². The number of halogens is 1. The number of hydrogen-bond donors (Lipinski definition) is 0. The number of rotatable bonds is 3. The topological polar surface area (TPSA) is 75.6 Å². The third-order valence-corrected chi connectivity index (χ3v) is 5.01. The first kappa shape index (κ1) is 15.0. The molecule has 0 amide bonds. The van der Waals surface area contributed by atoms with Gasteiger partial charge in [0.15, 0.2) is 5.15 Å². The molecule has 2 aromatic heterocycles. The minimum absolute atomic E-state index is 0.198. The fourth-order valence-electron chi connectivity index (χ4n) is 1.96. The lowest BCUT2D eigenvalue weighted by molar-refractivity contribution is 0.466. The van der Waals surface area contributed by atoms with Crippen LogP contribution in [-0.4, -0.2) is 14.6 Å². The second kappa shape index (κ2) is 6.08. The van der Waals surface area contributed by atoms with E-state index in [0.29, 0.717) is 20.9 Å². The summed E-state index contributed by atoms with van der Waals surface area (Å²) in [6.07, 6.45) is 0. The molecule has 0 spiro atoms. The van der Waals surface area contributed by atoms with Crippen molar-refractivity contribution in [1.29, 1.82) is 5.26 Å². The number of nitrogens with zero attached hydrogens (tertiary/aromatic N) is 4. The highest BCUT2D eigenvalue weighted by molar-refractivity contribution is 8.00. The molecule has 8 heteroatoms. The fraction of sp³-hybridized carbons (Fsp3) is 0.143. The molecular weight excluding hydrogens is 340 g/mol. The SMILES string of the molecule is Cc1cc(C)cc(-c2nnc(Sc3snc(Cl)c3C#N)o2)c1. The Bertz CT molecular complexity index is 861. The molecule has 0 aliphatic heterocycles. The van der Waals surface area contributed by atoms with E-state index in [9.17, 15) is 0 Å². The molecule has 0 N–H and O–H groups in total. The molecule has 110 valence electrons. The van der Waals surface area contributed by atoms with Gasteiger partial charge in [-0.25, -0.2) is 0 Å². The first-order chi connectivity index (χ1) is 10.6. The van der Waals surface area contributed by atoms with Gasteiger partial charge in [-0.05, 0) is 49.3 Å². The van der Waals surface area contributed by atoms with Crippen LogP contribution in [0.15, 0.2) is 32.0 Å². The van der Waals surface area contributed by atoms with E-state index in [-0.39, 0.29) is 5.15 Å². The first-order valence-electron chi connectivity index (χ1n) is 6.22. The van der Waals surface area contributed by atoms with Crippen LogP contribution in [-0.2, 0) is 0 Å². The van der Waals surface area contributed by atoms with E-state index in [4.69, 9.17) is 21.3 Å². The summed E-state index contributed by atoms with van der Waals surface area (Å²) in [5.74, 6) is 0.448. The average molecular weight is 349 g/mol. The monoisotopic (exact) mass is 348 g/mol. The van der Waals surface area contributed by atoms with Gasteiger partial charge in [-0.1, -0.05) is 28.8 Å². The lowest BCUT2D eigenvalue weighted by Gasteiger charge is -1.99. The Labute approximate surface area is 140 Å². The van der Waals surface area contributed by atoms with Crippen molar-refractivity contribution in [3.8, 4) is 17.5 Å². The van der Waals surface area contributed by atoms with Gasteiger partial charge < -0.3 is 4.42 Å². The second-order valence-corrected chi connectivity index (χ2v) is 6.95. The molecule has 0 aliphatic carbocycles. The molecule has 22 heavy (non-hydrogen) atoms. The average Bonchev–Trinajstić information content (AvgIpc) is 3.05. The van der Waals surface area contributed by atoms with Crippen LogP contribution >= 0.6 is 34.9 Å². The van der Waals surface area contributed by atoms with E-state index in [1.54, 1.807) is 0 Å². The summed E-state index contributed by atoms with van der Waals surface area (Å²) < 4.78 is 10.2. The van der Waals surface area contributed by atoms with Gasteiger partial charge in [0.2, 0.25) is 5.89 Å². The predicted octanol–water partition coefficient (Wildman–Crippen LogP) is 4.49. The van der Waals surface area contributed by atoms with Crippen LogP contribution in [0.25, 0.3) is 11.5 Å². The molecule has 1 aromatic carbocycles. The third kappa shape index (κ3) is 2.99. The minimum Gasteiger partial charge on any atom is -0.411 e. The molecule has 0 aliphatic rings. The maximum atomic E-state index is 9.06. The highest BCUT2D eigenvalue weighted by Crippen LogP contribution is 2.36. The Morgan fingerprint density at radius 2 is 1.95 bits per heavy atom. The molecular formula is C14H9ClN4OS2. The van der Waals surface area contributed by atoms with E-state index >= 15 is 0 Å². The van der Waals surface area contributed by atoms with Crippen molar-refractivity contribution in [2.75, 3.05) is 0 Å². The van der Waals surface area contributed by atoms with Crippen molar-refractivity contribution < 1.29 is 4.42 Å². The molecule has 0 unspecified atom stereocenters. The van der Waals surface area contributed by atoms with E-state index in [2.05, 4.69) is 20.6 Å². The summed E-state index contributed by atoms with van der Waals surface area (Å²) >= 11 is 8.17. The number of aryl methyl sites for hydroxylation is 2. The van der Waals surface area contributed by atoms with Crippen molar-refractivity contribution in [2.24, 2.45) is 0 Å². The maximum absolute atomic E-state index is 9.06.